The fourth-order valence-corrected chi connectivity index (χ4v) is 3.45. The highest BCUT2D eigenvalue weighted by molar-refractivity contribution is 9.10. The second-order valence-corrected chi connectivity index (χ2v) is 6.32. The van der Waals surface area contributed by atoms with E-state index in [2.05, 4.69) is 64.5 Å². The van der Waals surface area contributed by atoms with Crippen LogP contribution < -0.4 is 5.32 Å². The van der Waals surface area contributed by atoms with Crippen molar-refractivity contribution in [2.75, 3.05) is 27.2 Å². The molecule has 2 rings (SSSR count). The summed E-state index contributed by atoms with van der Waals surface area (Å²) < 4.78 is 1.24. The minimum Gasteiger partial charge on any atom is -0.313 e. The van der Waals surface area contributed by atoms with Crippen LogP contribution in [0.1, 0.15) is 24.8 Å². The van der Waals surface area contributed by atoms with Crippen molar-refractivity contribution in [2.45, 2.75) is 31.2 Å². The first-order valence-electron chi connectivity index (χ1n) is 6.76. The first-order valence-corrected chi connectivity index (χ1v) is 7.55. The first-order chi connectivity index (χ1) is 8.65. The summed E-state index contributed by atoms with van der Waals surface area (Å²) in [5, 5.41) is 3.58. The van der Waals surface area contributed by atoms with Gasteiger partial charge < -0.3 is 10.2 Å². The normalized spacial score (nSPS) is 25.3. The third-order valence-electron chi connectivity index (χ3n) is 4.13. The van der Waals surface area contributed by atoms with Crippen molar-refractivity contribution in [3.05, 3.63) is 34.3 Å². The van der Waals surface area contributed by atoms with Gasteiger partial charge in [-0.3, -0.25) is 0 Å². The molecule has 0 spiro atoms. The summed E-state index contributed by atoms with van der Waals surface area (Å²) >= 11 is 3.64. The average molecular weight is 311 g/mol. The molecule has 1 aromatic carbocycles. The Hall–Kier alpha value is -0.380. The molecule has 0 radical (unpaired) electrons. The van der Waals surface area contributed by atoms with Crippen LogP contribution in [0.15, 0.2) is 28.7 Å². The average Bonchev–Trinajstić information content (AvgIpc) is 2.38. The minimum absolute atomic E-state index is 0.294. The van der Waals surface area contributed by atoms with Crippen molar-refractivity contribution in [1.82, 2.24) is 10.2 Å². The van der Waals surface area contributed by atoms with Gasteiger partial charge in [-0.15, -0.1) is 0 Å². The lowest BCUT2D eigenvalue weighted by Gasteiger charge is -2.41. The third kappa shape index (κ3) is 3.34. The number of likely N-dealkylation sites (N-methyl/N-ethyl adjacent to an activating group) is 2. The van der Waals surface area contributed by atoms with Gasteiger partial charge in [-0.2, -0.15) is 0 Å². The lowest BCUT2D eigenvalue weighted by atomic mass is 9.84. The predicted molar refractivity (Wildman–Crippen MR) is 81.0 cm³/mol. The Labute approximate surface area is 119 Å². The third-order valence-corrected chi connectivity index (χ3v) is 4.90. The molecule has 1 heterocycles. The van der Waals surface area contributed by atoms with E-state index in [4.69, 9.17) is 0 Å². The second kappa shape index (κ2) is 6.18. The Bertz CT molecular complexity index is 394. The van der Waals surface area contributed by atoms with Crippen molar-refractivity contribution in [2.24, 2.45) is 0 Å². The van der Waals surface area contributed by atoms with Crippen LogP contribution in [0.4, 0.5) is 0 Å². The number of benzene rings is 1. The summed E-state index contributed by atoms with van der Waals surface area (Å²) in [7, 11) is 4.34. The van der Waals surface area contributed by atoms with Crippen LogP contribution in [0.3, 0.4) is 0 Å². The largest absolute Gasteiger partial charge is 0.313 e. The zero-order valence-corrected chi connectivity index (χ0v) is 13.0. The molecule has 1 aliphatic heterocycles. The summed E-state index contributed by atoms with van der Waals surface area (Å²) in [6.45, 7) is 2.40. The zero-order valence-electron chi connectivity index (χ0n) is 11.4. The lowest BCUT2D eigenvalue weighted by molar-refractivity contribution is 0.143. The summed E-state index contributed by atoms with van der Waals surface area (Å²) in [5.41, 5.74) is 1.71. The Morgan fingerprint density at radius 2 is 2.17 bits per heavy atom. The van der Waals surface area contributed by atoms with Gasteiger partial charge >= 0.3 is 0 Å². The molecule has 100 valence electrons. The zero-order chi connectivity index (χ0) is 13.0. The maximum absolute atomic E-state index is 3.64. The van der Waals surface area contributed by atoms with Crippen molar-refractivity contribution in [3.63, 3.8) is 0 Å². The van der Waals surface area contributed by atoms with Gasteiger partial charge in [0.2, 0.25) is 0 Å². The monoisotopic (exact) mass is 310 g/mol. The SMILES string of the molecule is CNC1(CCc2ccccc2Br)CCCN(C)C1. The van der Waals surface area contributed by atoms with Gasteiger partial charge in [-0.05, 0) is 58.0 Å². The quantitative estimate of drug-likeness (QED) is 0.919. The van der Waals surface area contributed by atoms with E-state index in [1.807, 2.05) is 0 Å². The Balaban J connectivity index is 2.01. The van der Waals surface area contributed by atoms with Crippen LogP contribution in [-0.2, 0) is 6.42 Å². The van der Waals surface area contributed by atoms with Crippen molar-refractivity contribution in [1.29, 1.82) is 0 Å². The molecule has 0 aromatic heterocycles. The van der Waals surface area contributed by atoms with Crippen LogP contribution in [0, 0.1) is 0 Å². The van der Waals surface area contributed by atoms with E-state index in [1.165, 1.54) is 35.8 Å². The summed E-state index contributed by atoms with van der Waals surface area (Å²) in [6, 6.07) is 8.56. The minimum atomic E-state index is 0.294. The van der Waals surface area contributed by atoms with Crippen LogP contribution >= 0.6 is 15.9 Å². The molecule has 1 saturated heterocycles. The molecule has 0 aliphatic carbocycles. The standard InChI is InChI=1S/C15H23BrN2/c1-17-15(9-5-11-18(2)12-15)10-8-13-6-3-4-7-14(13)16/h3-4,6-7,17H,5,8-12H2,1-2H3. The highest BCUT2D eigenvalue weighted by atomic mass is 79.9. The summed E-state index contributed by atoms with van der Waals surface area (Å²) in [6.07, 6.45) is 4.93. The van der Waals surface area contributed by atoms with Gasteiger partial charge in [0, 0.05) is 16.6 Å². The van der Waals surface area contributed by atoms with Crippen molar-refractivity contribution < 1.29 is 0 Å². The molecule has 2 nitrogen and oxygen atoms in total. The number of nitrogens with zero attached hydrogens (tertiary/aromatic N) is 1. The molecule has 1 atom stereocenters. The molecule has 0 amide bonds. The number of halogens is 1. The molecule has 1 aliphatic rings. The highest BCUT2D eigenvalue weighted by Gasteiger charge is 2.32. The van der Waals surface area contributed by atoms with Gasteiger partial charge in [0.05, 0.1) is 0 Å². The molecule has 0 bridgehead atoms. The number of hydrogen-bond acceptors (Lipinski definition) is 2. The molecule has 0 saturated carbocycles. The van der Waals surface area contributed by atoms with Gasteiger partial charge in [0.15, 0.2) is 0 Å². The number of piperidine rings is 1. The topological polar surface area (TPSA) is 15.3 Å². The number of hydrogen-bond donors (Lipinski definition) is 1. The van der Waals surface area contributed by atoms with E-state index in [0.29, 0.717) is 5.54 Å². The number of rotatable bonds is 4. The van der Waals surface area contributed by atoms with E-state index in [1.54, 1.807) is 0 Å². The molecule has 1 N–H and O–H groups in total. The second-order valence-electron chi connectivity index (χ2n) is 5.46. The van der Waals surface area contributed by atoms with Crippen molar-refractivity contribution >= 4 is 15.9 Å². The summed E-state index contributed by atoms with van der Waals surface area (Å²) in [4.78, 5) is 2.44. The lowest BCUT2D eigenvalue weighted by Crippen LogP contribution is -2.55. The predicted octanol–water partition coefficient (Wildman–Crippen LogP) is 3.07. The van der Waals surface area contributed by atoms with Crippen LogP contribution in [0.5, 0.6) is 0 Å². The molecular weight excluding hydrogens is 288 g/mol. The van der Waals surface area contributed by atoms with Crippen LogP contribution in [0.25, 0.3) is 0 Å². The molecule has 1 fully saturated rings. The van der Waals surface area contributed by atoms with E-state index < -0.39 is 0 Å². The smallest absolute Gasteiger partial charge is 0.0309 e. The fourth-order valence-electron chi connectivity index (χ4n) is 2.97. The number of nitrogens with one attached hydrogen (secondary N) is 1. The molecule has 3 heteroatoms. The van der Waals surface area contributed by atoms with Crippen LogP contribution in [0.2, 0.25) is 0 Å². The van der Waals surface area contributed by atoms with Gasteiger partial charge in [-0.1, -0.05) is 34.1 Å². The Morgan fingerprint density at radius 3 is 2.83 bits per heavy atom. The molecule has 1 aromatic rings. The van der Waals surface area contributed by atoms with E-state index >= 15 is 0 Å². The van der Waals surface area contributed by atoms with E-state index in [0.717, 1.165) is 13.0 Å². The number of aryl methyl sites for hydroxylation is 1. The highest BCUT2D eigenvalue weighted by Crippen LogP contribution is 2.27. The van der Waals surface area contributed by atoms with Gasteiger partial charge in [-0.25, -0.2) is 0 Å². The maximum atomic E-state index is 3.64. The molecule has 1 unspecified atom stereocenters. The van der Waals surface area contributed by atoms with Crippen LogP contribution in [-0.4, -0.2) is 37.6 Å². The Kier molecular flexibility index (Phi) is 4.82. The van der Waals surface area contributed by atoms with E-state index in [9.17, 15) is 0 Å². The van der Waals surface area contributed by atoms with E-state index in [-0.39, 0.29) is 0 Å². The van der Waals surface area contributed by atoms with Gasteiger partial charge in [0.25, 0.3) is 0 Å². The Morgan fingerprint density at radius 1 is 1.39 bits per heavy atom. The fraction of sp³-hybridized carbons (Fsp3) is 0.600. The maximum Gasteiger partial charge on any atom is 0.0309 e. The van der Waals surface area contributed by atoms with Crippen molar-refractivity contribution in [3.8, 4) is 0 Å². The molecular formula is C15H23BrN2. The summed E-state index contributed by atoms with van der Waals surface area (Å²) in [5.74, 6) is 0. The molecule has 18 heavy (non-hydrogen) atoms. The van der Waals surface area contributed by atoms with Gasteiger partial charge in [0.1, 0.15) is 0 Å². The first kappa shape index (κ1) is 14.0. The number of likely N-dealkylation sites (tertiary alicyclic amines) is 1.